The second kappa shape index (κ2) is 5.61. The summed E-state index contributed by atoms with van der Waals surface area (Å²) >= 11 is 1.92. The van der Waals surface area contributed by atoms with Crippen LogP contribution in [0.5, 0.6) is 0 Å². The number of hydrogen-bond donors (Lipinski definition) is 2. The van der Waals surface area contributed by atoms with Gasteiger partial charge in [-0.15, -0.1) is 0 Å². The van der Waals surface area contributed by atoms with Crippen LogP contribution in [0, 0.1) is 5.92 Å². The summed E-state index contributed by atoms with van der Waals surface area (Å²) in [6.45, 7) is 3.76. The van der Waals surface area contributed by atoms with Gasteiger partial charge in [-0.2, -0.15) is 11.8 Å². The number of carbonyl (C=O) groups excluding carboxylic acids is 1. The van der Waals surface area contributed by atoms with E-state index in [2.05, 4.69) is 5.32 Å². The molecule has 0 radical (unpaired) electrons. The molecule has 3 N–H and O–H groups in total. The third-order valence-corrected chi connectivity index (χ3v) is 3.92. The number of rotatable bonds is 3. The molecule has 1 heterocycles. The number of carbonyl (C=O) groups is 1. The summed E-state index contributed by atoms with van der Waals surface area (Å²) < 4.78 is 0. The molecule has 0 spiro atoms. The van der Waals surface area contributed by atoms with Gasteiger partial charge in [-0.3, -0.25) is 4.79 Å². The van der Waals surface area contributed by atoms with Crippen LogP contribution in [-0.4, -0.2) is 29.5 Å². The summed E-state index contributed by atoms with van der Waals surface area (Å²) in [6, 6.07) is 0.300. The van der Waals surface area contributed by atoms with Gasteiger partial charge in [-0.25, -0.2) is 0 Å². The van der Waals surface area contributed by atoms with E-state index in [4.69, 9.17) is 5.73 Å². The van der Waals surface area contributed by atoms with Crippen LogP contribution in [0.15, 0.2) is 0 Å². The molecule has 14 heavy (non-hydrogen) atoms. The minimum absolute atomic E-state index is 0.0637. The number of nitrogens with one attached hydrogen (secondary N) is 1. The minimum Gasteiger partial charge on any atom is -0.352 e. The highest BCUT2D eigenvalue weighted by molar-refractivity contribution is 7.99. The largest absolute Gasteiger partial charge is 0.352 e. The SMILES string of the molecule is CC(N)C(C)C(=O)NC1CCCSC1. The molecule has 3 nitrogen and oxygen atoms in total. The van der Waals surface area contributed by atoms with Crippen LogP contribution in [0.3, 0.4) is 0 Å². The van der Waals surface area contributed by atoms with E-state index in [-0.39, 0.29) is 17.9 Å². The molecule has 3 atom stereocenters. The standard InChI is InChI=1S/C10H20N2OS/c1-7(8(2)11)10(13)12-9-4-3-5-14-6-9/h7-9H,3-6,11H2,1-2H3,(H,12,13). The van der Waals surface area contributed by atoms with Gasteiger partial charge in [0.05, 0.1) is 0 Å². The summed E-state index contributed by atoms with van der Waals surface area (Å²) in [5, 5.41) is 3.06. The van der Waals surface area contributed by atoms with Crippen LogP contribution in [0.1, 0.15) is 26.7 Å². The van der Waals surface area contributed by atoms with Gasteiger partial charge >= 0.3 is 0 Å². The van der Waals surface area contributed by atoms with Crippen LogP contribution in [0.25, 0.3) is 0 Å². The molecule has 0 aliphatic carbocycles. The second-order valence-corrected chi connectivity index (χ2v) is 5.22. The molecule has 1 aliphatic rings. The molecule has 0 aromatic carbocycles. The third-order valence-electron chi connectivity index (χ3n) is 2.71. The first-order valence-electron chi connectivity index (χ1n) is 5.25. The fourth-order valence-electron chi connectivity index (χ4n) is 1.43. The summed E-state index contributed by atoms with van der Waals surface area (Å²) in [7, 11) is 0. The molecule has 4 heteroatoms. The molecule has 1 rings (SSSR count). The van der Waals surface area contributed by atoms with Gasteiger partial charge in [-0.05, 0) is 25.5 Å². The van der Waals surface area contributed by atoms with Gasteiger partial charge in [0.15, 0.2) is 0 Å². The van der Waals surface area contributed by atoms with Crippen molar-refractivity contribution in [2.24, 2.45) is 11.7 Å². The Labute approximate surface area is 90.2 Å². The van der Waals surface area contributed by atoms with Gasteiger partial charge in [0.2, 0.25) is 5.91 Å². The lowest BCUT2D eigenvalue weighted by Crippen LogP contribution is -2.45. The molecule has 0 aromatic rings. The van der Waals surface area contributed by atoms with E-state index in [0.29, 0.717) is 6.04 Å². The first kappa shape index (κ1) is 11.9. The average Bonchev–Trinajstić information content (AvgIpc) is 2.18. The van der Waals surface area contributed by atoms with E-state index in [9.17, 15) is 4.79 Å². The Balaban J connectivity index is 2.31. The number of thioether (sulfide) groups is 1. The summed E-state index contributed by atoms with van der Waals surface area (Å²) in [4.78, 5) is 11.7. The zero-order valence-electron chi connectivity index (χ0n) is 8.95. The Bertz CT molecular complexity index is 191. The Morgan fingerprint density at radius 2 is 2.29 bits per heavy atom. The van der Waals surface area contributed by atoms with E-state index in [1.54, 1.807) is 0 Å². The van der Waals surface area contributed by atoms with Crippen molar-refractivity contribution in [3.63, 3.8) is 0 Å². The zero-order chi connectivity index (χ0) is 10.6. The van der Waals surface area contributed by atoms with Crippen molar-refractivity contribution < 1.29 is 4.79 Å². The van der Waals surface area contributed by atoms with Gasteiger partial charge in [0, 0.05) is 23.8 Å². The zero-order valence-corrected chi connectivity index (χ0v) is 9.77. The van der Waals surface area contributed by atoms with E-state index in [0.717, 1.165) is 12.2 Å². The lowest BCUT2D eigenvalue weighted by atomic mass is 10.0. The maximum Gasteiger partial charge on any atom is 0.224 e. The van der Waals surface area contributed by atoms with E-state index in [1.165, 1.54) is 12.2 Å². The van der Waals surface area contributed by atoms with Gasteiger partial charge in [0.25, 0.3) is 0 Å². The van der Waals surface area contributed by atoms with Crippen LogP contribution >= 0.6 is 11.8 Å². The van der Waals surface area contributed by atoms with Crippen molar-refractivity contribution in [2.75, 3.05) is 11.5 Å². The Morgan fingerprint density at radius 3 is 2.79 bits per heavy atom. The van der Waals surface area contributed by atoms with E-state index in [1.807, 2.05) is 25.6 Å². The number of nitrogens with two attached hydrogens (primary N) is 1. The predicted molar refractivity (Wildman–Crippen MR) is 61.3 cm³/mol. The second-order valence-electron chi connectivity index (χ2n) is 4.07. The predicted octanol–water partition coefficient (Wildman–Crippen LogP) is 0.981. The van der Waals surface area contributed by atoms with Crippen LogP contribution in [0.4, 0.5) is 0 Å². The van der Waals surface area contributed by atoms with Gasteiger partial charge < -0.3 is 11.1 Å². The topological polar surface area (TPSA) is 55.1 Å². The quantitative estimate of drug-likeness (QED) is 0.739. The Kier molecular flexibility index (Phi) is 4.75. The number of amides is 1. The van der Waals surface area contributed by atoms with Crippen LogP contribution in [-0.2, 0) is 4.79 Å². The lowest BCUT2D eigenvalue weighted by molar-refractivity contribution is -0.125. The molecule has 0 bridgehead atoms. The molecule has 1 amide bonds. The van der Waals surface area contributed by atoms with Gasteiger partial charge in [0.1, 0.15) is 0 Å². The summed E-state index contributed by atoms with van der Waals surface area (Å²) in [5.41, 5.74) is 5.68. The van der Waals surface area contributed by atoms with E-state index >= 15 is 0 Å². The monoisotopic (exact) mass is 216 g/mol. The molecule has 82 valence electrons. The Hall–Kier alpha value is -0.220. The molecular formula is C10H20N2OS. The van der Waals surface area contributed by atoms with Crippen LogP contribution in [0.2, 0.25) is 0 Å². The van der Waals surface area contributed by atoms with Crippen molar-refractivity contribution in [1.82, 2.24) is 5.32 Å². The molecular weight excluding hydrogens is 196 g/mol. The summed E-state index contributed by atoms with van der Waals surface area (Å²) in [5.74, 6) is 2.31. The maximum absolute atomic E-state index is 11.7. The molecule has 1 saturated heterocycles. The number of hydrogen-bond acceptors (Lipinski definition) is 3. The minimum atomic E-state index is -0.0815. The highest BCUT2D eigenvalue weighted by Crippen LogP contribution is 2.17. The van der Waals surface area contributed by atoms with E-state index < -0.39 is 0 Å². The van der Waals surface area contributed by atoms with Crippen molar-refractivity contribution in [2.45, 2.75) is 38.8 Å². The normalized spacial score (nSPS) is 26.6. The Morgan fingerprint density at radius 1 is 1.57 bits per heavy atom. The van der Waals surface area contributed by atoms with Crippen molar-refractivity contribution in [1.29, 1.82) is 0 Å². The highest BCUT2D eigenvalue weighted by atomic mass is 32.2. The third kappa shape index (κ3) is 3.50. The fraction of sp³-hybridized carbons (Fsp3) is 0.900. The molecule has 0 saturated carbocycles. The maximum atomic E-state index is 11.7. The first-order chi connectivity index (χ1) is 6.61. The van der Waals surface area contributed by atoms with Crippen LogP contribution < -0.4 is 11.1 Å². The summed E-state index contributed by atoms with van der Waals surface area (Å²) in [6.07, 6.45) is 2.33. The molecule has 0 aromatic heterocycles. The fourth-order valence-corrected chi connectivity index (χ4v) is 2.50. The lowest BCUT2D eigenvalue weighted by Gasteiger charge is -2.25. The van der Waals surface area contributed by atoms with Crippen molar-refractivity contribution >= 4 is 17.7 Å². The van der Waals surface area contributed by atoms with Crippen molar-refractivity contribution in [3.05, 3.63) is 0 Å². The molecule has 1 fully saturated rings. The average molecular weight is 216 g/mol. The highest BCUT2D eigenvalue weighted by Gasteiger charge is 2.21. The van der Waals surface area contributed by atoms with Crippen molar-refractivity contribution in [3.8, 4) is 0 Å². The molecule has 1 aliphatic heterocycles. The molecule has 3 unspecified atom stereocenters. The first-order valence-corrected chi connectivity index (χ1v) is 6.40. The smallest absolute Gasteiger partial charge is 0.224 e. The van der Waals surface area contributed by atoms with Gasteiger partial charge in [-0.1, -0.05) is 6.92 Å².